The Hall–Kier alpha value is -3.34. The summed E-state index contributed by atoms with van der Waals surface area (Å²) >= 11 is 0. The molecule has 142 valence electrons. The van der Waals surface area contributed by atoms with Gasteiger partial charge in [-0.1, -0.05) is 18.2 Å². The quantitative estimate of drug-likeness (QED) is 0.697. The normalized spacial score (nSPS) is 12.8. The molecule has 0 radical (unpaired) electrons. The minimum absolute atomic E-state index is 0.117. The fourth-order valence-corrected chi connectivity index (χ4v) is 3.38. The third-order valence-electron chi connectivity index (χ3n) is 4.66. The molecule has 0 atom stereocenters. The van der Waals surface area contributed by atoms with Crippen molar-refractivity contribution < 1.29 is 9.53 Å². The van der Waals surface area contributed by atoms with Crippen molar-refractivity contribution in [2.45, 2.75) is 26.4 Å². The molecule has 0 bridgehead atoms. The molecule has 1 aliphatic rings. The van der Waals surface area contributed by atoms with Crippen LogP contribution in [0.25, 0.3) is 0 Å². The molecule has 0 spiro atoms. The maximum absolute atomic E-state index is 12.7. The van der Waals surface area contributed by atoms with Gasteiger partial charge in [-0.15, -0.1) is 0 Å². The summed E-state index contributed by atoms with van der Waals surface area (Å²) in [7, 11) is 0. The van der Waals surface area contributed by atoms with Crippen LogP contribution in [0.15, 0.2) is 66.9 Å². The van der Waals surface area contributed by atoms with E-state index in [9.17, 15) is 4.79 Å². The van der Waals surface area contributed by atoms with E-state index in [1.54, 1.807) is 12.3 Å². The SMILES string of the molecule is CC(C)Oc1ccc(NC(=O)c2ccnc(N3CCc4ccccc43)c2)cc1. The van der Waals surface area contributed by atoms with Crippen LogP contribution >= 0.6 is 0 Å². The van der Waals surface area contributed by atoms with Crippen molar-refractivity contribution in [2.75, 3.05) is 16.8 Å². The third-order valence-corrected chi connectivity index (χ3v) is 4.66. The van der Waals surface area contributed by atoms with Crippen LogP contribution in [0.4, 0.5) is 17.2 Å². The molecule has 4 rings (SSSR count). The maximum atomic E-state index is 12.7. The van der Waals surface area contributed by atoms with Gasteiger partial charge in [0.05, 0.1) is 6.10 Å². The summed E-state index contributed by atoms with van der Waals surface area (Å²) in [4.78, 5) is 19.3. The number of ether oxygens (including phenoxy) is 1. The minimum atomic E-state index is -0.159. The van der Waals surface area contributed by atoms with E-state index in [0.29, 0.717) is 5.56 Å². The van der Waals surface area contributed by atoms with Crippen molar-refractivity contribution in [1.82, 2.24) is 4.98 Å². The Bertz CT molecular complexity index is 983. The lowest BCUT2D eigenvalue weighted by Gasteiger charge is -2.18. The summed E-state index contributed by atoms with van der Waals surface area (Å²) in [5.41, 5.74) is 3.78. The monoisotopic (exact) mass is 373 g/mol. The molecule has 1 amide bonds. The predicted molar refractivity (Wildman–Crippen MR) is 112 cm³/mol. The van der Waals surface area contributed by atoms with E-state index in [-0.39, 0.29) is 12.0 Å². The van der Waals surface area contributed by atoms with Crippen molar-refractivity contribution in [3.63, 3.8) is 0 Å². The molecular formula is C23H23N3O2. The van der Waals surface area contributed by atoms with Crippen LogP contribution in [0.5, 0.6) is 5.75 Å². The first-order valence-electron chi connectivity index (χ1n) is 9.50. The van der Waals surface area contributed by atoms with Gasteiger partial charge in [0, 0.05) is 29.7 Å². The number of benzene rings is 2. The third kappa shape index (κ3) is 3.83. The predicted octanol–water partition coefficient (Wildman–Crippen LogP) is 4.82. The Labute approximate surface area is 165 Å². The Morgan fingerprint density at radius 2 is 1.89 bits per heavy atom. The van der Waals surface area contributed by atoms with Crippen LogP contribution in [0.3, 0.4) is 0 Å². The van der Waals surface area contributed by atoms with Crippen LogP contribution < -0.4 is 15.0 Å². The number of nitrogens with one attached hydrogen (secondary N) is 1. The molecule has 1 aliphatic heterocycles. The molecule has 5 heteroatoms. The molecular weight excluding hydrogens is 350 g/mol. The molecule has 0 unspecified atom stereocenters. The van der Waals surface area contributed by atoms with E-state index in [4.69, 9.17) is 4.74 Å². The van der Waals surface area contributed by atoms with Crippen LogP contribution in [-0.2, 0) is 6.42 Å². The molecule has 1 N–H and O–H groups in total. The minimum Gasteiger partial charge on any atom is -0.491 e. The lowest BCUT2D eigenvalue weighted by Crippen LogP contribution is -2.17. The van der Waals surface area contributed by atoms with E-state index in [1.165, 1.54) is 5.56 Å². The zero-order valence-corrected chi connectivity index (χ0v) is 16.1. The highest BCUT2D eigenvalue weighted by molar-refractivity contribution is 6.04. The second-order valence-corrected chi connectivity index (χ2v) is 7.08. The van der Waals surface area contributed by atoms with Gasteiger partial charge in [-0.2, -0.15) is 0 Å². The first kappa shape index (κ1) is 18.0. The molecule has 2 aromatic carbocycles. The number of anilines is 3. The largest absolute Gasteiger partial charge is 0.491 e. The summed E-state index contributed by atoms with van der Waals surface area (Å²) in [6.07, 6.45) is 2.79. The Morgan fingerprint density at radius 3 is 2.68 bits per heavy atom. The van der Waals surface area contributed by atoms with Gasteiger partial charge in [0.2, 0.25) is 0 Å². The fourth-order valence-electron chi connectivity index (χ4n) is 3.38. The zero-order valence-electron chi connectivity index (χ0n) is 16.1. The number of carbonyl (C=O) groups is 1. The summed E-state index contributed by atoms with van der Waals surface area (Å²) in [6, 6.07) is 19.3. The number of aromatic nitrogens is 1. The number of hydrogen-bond acceptors (Lipinski definition) is 4. The molecule has 0 saturated heterocycles. The van der Waals surface area contributed by atoms with Crippen molar-refractivity contribution in [3.05, 3.63) is 78.0 Å². The second kappa shape index (κ2) is 7.72. The number of fused-ring (bicyclic) bond motifs is 1. The molecule has 1 aromatic heterocycles. The number of amides is 1. The molecule has 0 aliphatic carbocycles. The van der Waals surface area contributed by atoms with Crippen molar-refractivity contribution in [1.29, 1.82) is 0 Å². The van der Waals surface area contributed by atoms with Gasteiger partial charge in [-0.25, -0.2) is 4.98 Å². The number of rotatable bonds is 5. The van der Waals surface area contributed by atoms with Gasteiger partial charge < -0.3 is 15.0 Å². The standard InChI is InChI=1S/C23H23N3O2/c1-16(2)28-20-9-7-19(8-10-20)25-23(27)18-11-13-24-22(15-18)26-14-12-17-5-3-4-6-21(17)26/h3-11,13,15-16H,12,14H2,1-2H3,(H,25,27). The topological polar surface area (TPSA) is 54.5 Å². The molecule has 2 heterocycles. The Kier molecular flexibility index (Phi) is 4.98. The number of para-hydroxylation sites is 1. The summed E-state index contributed by atoms with van der Waals surface area (Å²) in [5, 5.41) is 2.93. The van der Waals surface area contributed by atoms with Gasteiger partial charge in [0.15, 0.2) is 0 Å². The first-order valence-corrected chi connectivity index (χ1v) is 9.50. The molecule has 0 fully saturated rings. The number of nitrogens with zero attached hydrogens (tertiary/aromatic N) is 2. The highest BCUT2D eigenvalue weighted by Crippen LogP contribution is 2.33. The number of hydrogen-bond donors (Lipinski definition) is 1. The molecule has 0 saturated carbocycles. The van der Waals surface area contributed by atoms with Gasteiger partial charge in [-0.3, -0.25) is 4.79 Å². The van der Waals surface area contributed by atoms with Crippen LogP contribution in [0, 0.1) is 0 Å². The zero-order chi connectivity index (χ0) is 19.5. The van der Waals surface area contributed by atoms with Gasteiger partial charge in [0.25, 0.3) is 5.91 Å². The Balaban J connectivity index is 1.49. The van der Waals surface area contributed by atoms with Gasteiger partial charge >= 0.3 is 0 Å². The summed E-state index contributed by atoms with van der Waals surface area (Å²) < 4.78 is 5.63. The number of pyridine rings is 1. The number of carbonyl (C=O) groups excluding carboxylic acids is 1. The summed E-state index contributed by atoms with van der Waals surface area (Å²) in [6.45, 7) is 4.83. The highest BCUT2D eigenvalue weighted by atomic mass is 16.5. The van der Waals surface area contributed by atoms with Crippen molar-refractivity contribution in [2.24, 2.45) is 0 Å². The van der Waals surface area contributed by atoms with Crippen LogP contribution in [0.1, 0.15) is 29.8 Å². The van der Waals surface area contributed by atoms with Crippen LogP contribution in [0.2, 0.25) is 0 Å². The second-order valence-electron chi connectivity index (χ2n) is 7.08. The molecule has 3 aromatic rings. The van der Waals surface area contributed by atoms with E-state index >= 15 is 0 Å². The van der Waals surface area contributed by atoms with Crippen molar-refractivity contribution in [3.8, 4) is 5.75 Å². The van der Waals surface area contributed by atoms with E-state index in [2.05, 4.69) is 33.4 Å². The van der Waals surface area contributed by atoms with Gasteiger partial charge in [-0.05, 0) is 68.3 Å². The Morgan fingerprint density at radius 1 is 1.11 bits per heavy atom. The fraction of sp³-hybridized carbons (Fsp3) is 0.217. The molecule has 28 heavy (non-hydrogen) atoms. The van der Waals surface area contributed by atoms with Crippen molar-refractivity contribution >= 4 is 23.1 Å². The first-order chi connectivity index (χ1) is 13.6. The smallest absolute Gasteiger partial charge is 0.255 e. The van der Waals surface area contributed by atoms with Crippen LogP contribution in [-0.4, -0.2) is 23.5 Å². The highest BCUT2D eigenvalue weighted by Gasteiger charge is 2.21. The average molecular weight is 373 g/mol. The lowest BCUT2D eigenvalue weighted by atomic mass is 10.2. The lowest BCUT2D eigenvalue weighted by molar-refractivity contribution is 0.102. The average Bonchev–Trinajstić information content (AvgIpc) is 3.13. The maximum Gasteiger partial charge on any atom is 0.255 e. The van der Waals surface area contributed by atoms with E-state index in [0.717, 1.165) is 35.9 Å². The van der Waals surface area contributed by atoms with E-state index < -0.39 is 0 Å². The van der Waals surface area contributed by atoms with Gasteiger partial charge in [0.1, 0.15) is 11.6 Å². The molecule has 5 nitrogen and oxygen atoms in total. The summed E-state index contributed by atoms with van der Waals surface area (Å²) in [5.74, 6) is 1.42. The van der Waals surface area contributed by atoms with E-state index in [1.807, 2.05) is 50.2 Å².